The molecule has 2 aliphatic carbocycles. The van der Waals surface area contributed by atoms with Crippen LogP contribution in [0.5, 0.6) is 0 Å². The molecule has 0 aromatic rings. The molecule has 12 heavy (non-hydrogen) atoms. The number of rotatable bonds is 0. The van der Waals surface area contributed by atoms with Gasteiger partial charge in [-0.05, 0) is 12.1 Å². The van der Waals surface area contributed by atoms with E-state index in [4.69, 9.17) is 5.26 Å². The first-order chi connectivity index (χ1) is 5.90. The fraction of sp³-hybridized carbons (Fsp3) is 0. The van der Waals surface area contributed by atoms with Crippen molar-refractivity contribution in [3.63, 3.8) is 0 Å². The van der Waals surface area contributed by atoms with Gasteiger partial charge in [0, 0.05) is 11.1 Å². The zero-order chi connectivity index (χ0) is 8.13. The third-order valence-corrected chi connectivity index (χ3v) is 2.13. The van der Waals surface area contributed by atoms with E-state index in [9.17, 15) is 0 Å². The van der Waals surface area contributed by atoms with Crippen LogP contribution in [0.1, 0.15) is 5.56 Å². The lowest BCUT2D eigenvalue weighted by Crippen LogP contribution is -1.92. The summed E-state index contributed by atoms with van der Waals surface area (Å²) >= 11 is 0. The number of hydrogen-bond acceptors (Lipinski definition) is 3. The highest BCUT2D eigenvalue weighted by Gasteiger charge is 2.27. The molecule has 54 valence electrons. The molecular weight excluding hydrogens is 150 g/mol. The molecule has 0 unspecified atom stereocenters. The van der Waals surface area contributed by atoms with E-state index in [0.717, 1.165) is 22.5 Å². The van der Waals surface area contributed by atoms with Crippen LogP contribution >= 0.6 is 0 Å². The van der Waals surface area contributed by atoms with E-state index >= 15 is 0 Å². The summed E-state index contributed by atoms with van der Waals surface area (Å²) in [5.74, 6) is 0. The Morgan fingerprint density at radius 1 is 1.08 bits per heavy atom. The highest BCUT2D eigenvalue weighted by Crippen LogP contribution is 2.46. The molecule has 0 N–H and O–H groups in total. The van der Waals surface area contributed by atoms with Crippen molar-refractivity contribution in [2.75, 3.05) is 0 Å². The molecule has 0 bridgehead atoms. The second-order valence-electron chi connectivity index (χ2n) is 2.75. The van der Waals surface area contributed by atoms with Crippen molar-refractivity contribution < 1.29 is 0 Å². The van der Waals surface area contributed by atoms with E-state index < -0.39 is 0 Å². The number of aromatic nitrogens is 2. The first-order valence-electron chi connectivity index (χ1n) is 3.59. The molecule has 3 rings (SSSR count). The standard InChI is InChI=1S/C9H3N3/c10-3-5-1-6-7(2-5)9-8(6)11-4-12-9/h1-2,4H. The minimum atomic E-state index is 0.694. The molecule has 0 radical (unpaired) electrons. The second kappa shape index (κ2) is 1.62. The minimum Gasteiger partial charge on any atom is -0.234 e. The molecule has 0 aromatic carbocycles. The summed E-state index contributed by atoms with van der Waals surface area (Å²) in [7, 11) is 0. The van der Waals surface area contributed by atoms with Gasteiger partial charge in [0.05, 0.1) is 23.0 Å². The Morgan fingerprint density at radius 2 is 1.67 bits per heavy atom. The van der Waals surface area contributed by atoms with Crippen molar-refractivity contribution in [3.8, 4) is 28.6 Å². The predicted octanol–water partition coefficient (Wildman–Crippen LogP) is 1.43. The van der Waals surface area contributed by atoms with Crippen LogP contribution in [0.4, 0.5) is 0 Å². The Bertz CT molecular complexity index is 459. The summed E-state index contributed by atoms with van der Waals surface area (Å²) in [5.41, 5.74) is 4.70. The van der Waals surface area contributed by atoms with E-state index in [1.807, 2.05) is 12.1 Å². The summed E-state index contributed by atoms with van der Waals surface area (Å²) in [5, 5.41) is 8.63. The summed E-state index contributed by atoms with van der Waals surface area (Å²) in [6, 6.07) is 5.80. The predicted molar refractivity (Wildman–Crippen MR) is 42.4 cm³/mol. The summed E-state index contributed by atoms with van der Waals surface area (Å²) in [4.78, 5) is 8.14. The Balaban J connectivity index is 2.40. The topological polar surface area (TPSA) is 49.6 Å². The molecule has 1 aliphatic heterocycles. The highest BCUT2D eigenvalue weighted by atomic mass is 14.9. The molecular formula is C9H3N3. The lowest BCUT2D eigenvalue weighted by molar-refractivity contribution is 1.34. The largest absolute Gasteiger partial charge is 0.234 e. The van der Waals surface area contributed by atoms with Gasteiger partial charge >= 0.3 is 0 Å². The van der Waals surface area contributed by atoms with Gasteiger partial charge in [0.15, 0.2) is 0 Å². The quantitative estimate of drug-likeness (QED) is 0.491. The van der Waals surface area contributed by atoms with Crippen LogP contribution in [0, 0.1) is 11.3 Å². The molecule has 0 aromatic heterocycles. The maximum Gasteiger partial charge on any atom is 0.116 e. The maximum absolute atomic E-state index is 8.63. The van der Waals surface area contributed by atoms with Gasteiger partial charge in [-0.1, -0.05) is 0 Å². The van der Waals surface area contributed by atoms with Crippen LogP contribution in [-0.4, -0.2) is 9.97 Å². The molecule has 3 aliphatic rings. The zero-order valence-electron chi connectivity index (χ0n) is 6.07. The first-order valence-corrected chi connectivity index (χ1v) is 3.59. The Kier molecular flexibility index (Phi) is 0.763. The molecule has 1 heterocycles. The lowest BCUT2D eigenvalue weighted by atomic mass is 9.95. The van der Waals surface area contributed by atoms with Gasteiger partial charge in [0.25, 0.3) is 0 Å². The molecule has 0 fully saturated rings. The average Bonchev–Trinajstić information content (AvgIpc) is 2.60. The van der Waals surface area contributed by atoms with Crippen LogP contribution in [0.3, 0.4) is 0 Å². The Hall–Kier alpha value is -1.95. The van der Waals surface area contributed by atoms with Crippen LogP contribution < -0.4 is 0 Å². The first kappa shape index (κ1) is 5.67. The molecule has 0 spiro atoms. The van der Waals surface area contributed by atoms with Crippen LogP contribution in [0.2, 0.25) is 0 Å². The highest BCUT2D eigenvalue weighted by molar-refractivity contribution is 6.00. The molecule has 0 saturated carbocycles. The van der Waals surface area contributed by atoms with Crippen molar-refractivity contribution in [2.45, 2.75) is 0 Å². The fourth-order valence-electron chi connectivity index (χ4n) is 1.56. The Morgan fingerprint density at radius 3 is 2.17 bits per heavy atom. The van der Waals surface area contributed by atoms with E-state index in [2.05, 4.69) is 16.0 Å². The smallest absolute Gasteiger partial charge is 0.116 e. The van der Waals surface area contributed by atoms with Gasteiger partial charge < -0.3 is 0 Å². The second-order valence-corrected chi connectivity index (χ2v) is 2.75. The summed E-state index contributed by atoms with van der Waals surface area (Å²) in [6.45, 7) is 0. The third kappa shape index (κ3) is 0.443. The molecule has 3 heteroatoms. The van der Waals surface area contributed by atoms with Crippen molar-refractivity contribution in [2.24, 2.45) is 0 Å². The van der Waals surface area contributed by atoms with Crippen LogP contribution in [-0.2, 0) is 0 Å². The number of nitriles is 1. The van der Waals surface area contributed by atoms with Gasteiger partial charge in [0.2, 0.25) is 0 Å². The number of hydrogen-bond donors (Lipinski definition) is 0. The van der Waals surface area contributed by atoms with Crippen LogP contribution in [0.15, 0.2) is 18.5 Å². The lowest BCUT2D eigenvalue weighted by Gasteiger charge is -2.10. The number of fused-ring (bicyclic) bond motifs is 4. The summed E-state index contributed by atoms with van der Waals surface area (Å²) in [6.07, 6.45) is 1.55. The van der Waals surface area contributed by atoms with Gasteiger partial charge in [-0.25, -0.2) is 9.97 Å². The van der Waals surface area contributed by atoms with Crippen molar-refractivity contribution in [1.82, 2.24) is 9.97 Å². The van der Waals surface area contributed by atoms with Gasteiger partial charge in [-0.2, -0.15) is 5.26 Å². The molecule has 0 saturated heterocycles. The van der Waals surface area contributed by atoms with Crippen molar-refractivity contribution in [1.29, 1.82) is 5.26 Å². The monoisotopic (exact) mass is 153 g/mol. The van der Waals surface area contributed by atoms with Gasteiger partial charge in [-0.3, -0.25) is 0 Å². The van der Waals surface area contributed by atoms with E-state index in [-0.39, 0.29) is 0 Å². The zero-order valence-corrected chi connectivity index (χ0v) is 6.07. The fourth-order valence-corrected chi connectivity index (χ4v) is 1.56. The normalized spacial score (nSPS) is 11.2. The van der Waals surface area contributed by atoms with Gasteiger partial charge in [-0.15, -0.1) is 0 Å². The van der Waals surface area contributed by atoms with Crippen molar-refractivity contribution in [3.05, 3.63) is 24.0 Å². The van der Waals surface area contributed by atoms with E-state index in [1.54, 1.807) is 6.33 Å². The van der Waals surface area contributed by atoms with Crippen LogP contribution in [0.25, 0.3) is 22.5 Å². The third-order valence-electron chi connectivity index (χ3n) is 2.13. The summed E-state index contributed by atoms with van der Waals surface area (Å²) < 4.78 is 0. The molecule has 0 amide bonds. The van der Waals surface area contributed by atoms with Crippen molar-refractivity contribution >= 4 is 0 Å². The average molecular weight is 153 g/mol. The van der Waals surface area contributed by atoms with E-state index in [1.165, 1.54) is 0 Å². The SMILES string of the molecule is N#Cc1cc2c3ncnc-3c-2c1. The van der Waals surface area contributed by atoms with Gasteiger partial charge in [0.1, 0.15) is 6.33 Å². The minimum absolute atomic E-state index is 0.694. The number of imidazole rings is 1. The van der Waals surface area contributed by atoms with E-state index in [0.29, 0.717) is 5.56 Å². The number of nitrogens with zero attached hydrogens (tertiary/aromatic N) is 3. The molecule has 3 nitrogen and oxygen atoms in total. The Labute approximate surface area is 68.7 Å². The maximum atomic E-state index is 8.63. The molecule has 0 atom stereocenters.